The number of ether oxygens (including phenoxy) is 2. The standard InChI is InChI=1S/C13H14N2O3S/c1-9(13(14)16)18-11-4-2-3-10(7-11)17-8-12-15-5-6-19-12/h2-7,9H,8H2,1H3,(H2,14,16)/t9-/m0/s1. The molecule has 6 heteroatoms. The van der Waals surface area contributed by atoms with Crippen LogP contribution in [0.5, 0.6) is 11.5 Å². The van der Waals surface area contributed by atoms with Crippen LogP contribution >= 0.6 is 11.3 Å². The van der Waals surface area contributed by atoms with E-state index < -0.39 is 12.0 Å². The smallest absolute Gasteiger partial charge is 0.258 e. The molecule has 0 saturated heterocycles. The van der Waals surface area contributed by atoms with Crippen LogP contribution < -0.4 is 15.2 Å². The van der Waals surface area contributed by atoms with Gasteiger partial charge < -0.3 is 15.2 Å². The normalized spacial score (nSPS) is 11.8. The van der Waals surface area contributed by atoms with Gasteiger partial charge >= 0.3 is 0 Å². The second-order valence-corrected chi connectivity index (χ2v) is 4.83. The second-order valence-electron chi connectivity index (χ2n) is 3.85. The molecule has 0 radical (unpaired) electrons. The fraction of sp³-hybridized carbons (Fsp3) is 0.231. The van der Waals surface area contributed by atoms with Gasteiger partial charge in [0.2, 0.25) is 0 Å². The number of aromatic nitrogens is 1. The quantitative estimate of drug-likeness (QED) is 0.876. The minimum atomic E-state index is -0.672. The molecule has 1 heterocycles. The average Bonchev–Trinajstić information content (AvgIpc) is 2.90. The number of hydrogen-bond acceptors (Lipinski definition) is 5. The Kier molecular flexibility index (Phi) is 4.35. The molecule has 100 valence electrons. The van der Waals surface area contributed by atoms with Crippen LogP contribution in [0.15, 0.2) is 35.8 Å². The van der Waals surface area contributed by atoms with Gasteiger partial charge in [-0.15, -0.1) is 11.3 Å². The van der Waals surface area contributed by atoms with Gasteiger partial charge in [-0.05, 0) is 19.1 Å². The molecule has 0 aliphatic carbocycles. The van der Waals surface area contributed by atoms with Crippen LogP contribution in [0, 0.1) is 0 Å². The Balaban J connectivity index is 1.96. The first-order chi connectivity index (χ1) is 9.15. The van der Waals surface area contributed by atoms with Crippen LogP contribution in [-0.2, 0) is 11.4 Å². The minimum Gasteiger partial charge on any atom is -0.486 e. The van der Waals surface area contributed by atoms with Crippen molar-refractivity contribution < 1.29 is 14.3 Å². The van der Waals surface area contributed by atoms with Crippen molar-refractivity contribution in [3.05, 3.63) is 40.8 Å². The van der Waals surface area contributed by atoms with E-state index in [9.17, 15) is 4.79 Å². The van der Waals surface area contributed by atoms with Crippen molar-refractivity contribution >= 4 is 17.2 Å². The lowest BCUT2D eigenvalue weighted by Crippen LogP contribution is -2.30. The monoisotopic (exact) mass is 278 g/mol. The summed E-state index contributed by atoms with van der Waals surface area (Å²) in [6.07, 6.45) is 1.06. The van der Waals surface area contributed by atoms with Gasteiger partial charge in [-0.2, -0.15) is 0 Å². The molecule has 1 aromatic heterocycles. The molecule has 0 bridgehead atoms. The van der Waals surface area contributed by atoms with Gasteiger partial charge in [0, 0.05) is 17.6 Å². The summed E-state index contributed by atoms with van der Waals surface area (Å²) in [6.45, 7) is 2.01. The highest BCUT2D eigenvalue weighted by atomic mass is 32.1. The molecule has 2 N–H and O–H groups in total. The van der Waals surface area contributed by atoms with Gasteiger partial charge in [-0.3, -0.25) is 4.79 Å². The number of nitrogens with two attached hydrogens (primary N) is 1. The number of hydrogen-bond donors (Lipinski definition) is 1. The van der Waals surface area contributed by atoms with Crippen molar-refractivity contribution in [3.63, 3.8) is 0 Å². The summed E-state index contributed by atoms with van der Waals surface area (Å²) >= 11 is 1.53. The van der Waals surface area contributed by atoms with E-state index in [0.29, 0.717) is 18.1 Å². The van der Waals surface area contributed by atoms with Crippen molar-refractivity contribution in [1.82, 2.24) is 4.98 Å². The summed E-state index contributed by atoms with van der Waals surface area (Å²) in [6, 6.07) is 7.07. The highest BCUT2D eigenvalue weighted by molar-refractivity contribution is 7.09. The van der Waals surface area contributed by atoms with E-state index in [2.05, 4.69) is 4.98 Å². The van der Waals surface area contributed by atoms with Gasteiger partial charge in [-0.25, -0.2) is 4.98 Å². The van der Waals surface area contributed by atoms with Crippen molar-refractivity contribution in [2.24, 2.45) is 5.73 Å². The van der Waals surface area contributed by atoms with Crippen LogP contribution in [0.3, 0.4) is 0 Å². The lowest BCUT2D eigenvalue weighted by Gasteiger charge is -2.12. The van der Waals surface area contributed by atoms with Crippen molar-refractivity contribution in [2.45, 2.75) is 19.6 Å². The highest BCUT2D eigenvalue weighted by Crippen LogP contribution is 2.21. The summed E-state index contributed by atoms with van der Waals surface area (Å²) < 4.78 is 11.0. The SMILES string of the molecule is C[C@H](Oc1cccc(OCc2nccs2)c1)C(N)=O. The largest absolute Gasteiger partial charge is 0.486 e. The van der Waals surface area contributed by atoms with Crippen molar-refractivity contribution in [1.29, 1.82) is 0 Å². The molecule has 1 amide bonds. The lowest BCUT2D eigenvalue weighted by molar-refractivity contribution is -0.123. The summed E-state index contributed by atoms with van der Waals surface area (Å²) in [5.41, 5.74) is 5.14. The molecule has 2 aromatic rings. The number of amides is 1. The zero-order valence-corrected chi connectivity index (χ0v) is 11.2. The molecule has 0 spiro atoms. The fourth-order valence-electron chi connectivity index (χ4n) is 1.37. The van der Waals surface area contributed by atoms with Crippen LogP contribution in [0.1, 0.15) is 11.9 Å². The predicted molar refractivity (Wildman–Crippen MR) is 72.2 cm³/mol. The van der Waals surface area contributed by atoms with E-state index in [0.717, 1.165) is 5.01 Å². The third kappa shape index (κ3) is 3.96. The lowest BCUT2D eigenvalue weighted by atomic mass is 10.3. The van der Waals surface area contributed by atoms with Crippen LogP contribution in [0.4, 0.5) is 0 Å². The van der Waals surface area contributed by atoms with E-state index in [1.807, 2.05) is 11.4 Å². The number of carbonyl (C=O) groups is 1. The molecule has 5 nitrogen and oxygen atoms in total. The van der Waals surface area contributed by atoms with Crippen molar-refractivity contribution in [3.8, 4) is 11.5 Å². The second kappa shape index (κ2) is 6.19. The number of rotatable bonds is 6. The summed E-state index contributed by atoms with van der Waals surface area (Å²) in [5, 5.41) is 2.80. The first-order valence-electron chi connectivity index (χ1n) is 5.72. The van der Waals surface area contributed by atoms with E-state index >= 15 is 0 Å². The maximum atomic E-state index is 10.9. The average molecular weight is 278 g/mol. The van der Waals surface area contributed by atoms with Crippen LogP contribution in [-0.4, -0.2) is 17.0 Å². The first-order valence-corrected chi connectivity index (χ1v) is 6.60. The third-order valence-corrected chi connectivity index (χ3v) is 3.12. The predicted octanol–water partition coefficient (Wildman–Crippen LogP) is 1.97. The molecule has 1 atom stereocenters. The Labute approximate surface area is 115 Å². The molecule has 0 unspecified atom stereocenters. The van der Waals surface area contributed by atoms with Gasteiger partial charge in [0.05, 0.1) is 0 Å². The van der Waals surface area contributed by atoms with Crippen LogP contribution in [0.25, 0.3) is 0 Å². The maximum Gasteiger partial charge on any atom is 0.258 e. The number of primary amides is 1. The Hall–Kier alpha value is -2.08. The summed E-state index contributed by atoms with van der Waals surface area (Å²) in [7, 11) is 0. The van der Waals surface area contributed by atoms with Crippen LogP contribution in [0.2, 0.25) is 0 Å². The zero-order valence-electron chi connectivity index (χ0n) is 10.4. The fourth-order valence-corrected chi connectivity index (χ4v) is 1.90. The minimum absolute atomic E-state index is 0.409. The van der Waals surface area contributed by atoms with E-state index in [4.69, 9.17) is 15.2 Å². The number of carbonyl (C=O) groups excluding carboxylic acids is 1. The Bertz CT molecular complexity index is 543. The van der Waals surface area contributed by atoms with E-state index in [1.165, 1.54) is 11.3 Å². The van der Waals surface area contributed by atoms with Gasteiger partial charge in [0.1, 0.15) is 23.1 Å². The Morgan fingerprint density at radius 2 is 2.26 bits per heavy atom. The van der Waals surface area contributed by atoms with E-state index in [-0.39, 0.29) is 0 Å². The zero-order chi connectivity index (χ0) is 13.7. The number of nitrogens with zero attached hydrogens (tertiary/aromatic N) is 1. The molecule has 0 fully saturated rings. The van der Waals surface area contributed by atoms with Gasteiger partial charge in [0.15, 0.2) is 6.10 Å². The number of thiazole rings is 1. The molecule has 2 rings (SSSR count). The molecule has 19 heavy (non-hydrogen) atoms. The van der Waals surface area contributed by atoms with Crippen molar-refractivity contribution in [2.75, 3.05) is 0 Å². The molecule has 0 aliphatic rings. The third-order valence-electron chi connectivity index (χ3n) is 2.36. The Morgan fingerprint density at radius 3 is 2.95 bits per heavy atom. The summed E-state index contributed by atoms with van der Waals surface area (Å²) in [5.74, 6) is 0.696. The Morgan fingerprint density at radius 1 is 1.47 bits per heavy atom. The van der Waals surface area contributed by atoms with Gasteiger partial charge in [0.25, 0.3) is 5.91 Å². The van der Waals surface area contributed by atoms with E-state index in [1.54, 1.807) is 31.3 Å². The maximum absolute atomic E-state index is 10.9. The topological polar surface area (TPSA) is 74.4 Å². The number of benzene rings is 1. The molecule has 0 saturated carbocycles. The molecular weight excluding hydrogens is 264 g/mol. The highest BCUT2D eigenvalue weighted by Gasteiger charge is 2.10. The molecular formula is C13H14N2O3S. The molecule has 0 aliphatic heterocycles. The first kappa shape index (κ1) is 13.4. The summed E-state index contributed by atoms with van der Waals surface area (Å²) in [4.78, 5) is 15.1. The molecule has 1 aromatic carbocycles. The van der Waals surface area contributed by atoms with Gasteiger partial charge in [-0.1, -0.05) is 6.07 Å².